The molecule has 2 aromatic heterocycles. The number of pyridine rings is 1. The molecule has 1 unspecified atom stereocenters. The molecule has 40 heavy (non-hydrogen) atoms. The number of hydrogen-bond acceptors (Lipinski definition) is 7. The Hall–Kier alpha value is -4.34. The van der Waals surface area contributed by atoms with Crippen molar-refractivity contribution in [2.75, 3.05) is 11.9 Å². The third kappa shape index (κ3) is 4.67. The molecule has 3 aromatic rings. The summed E-state index contributed by atoms with van der Waals surface area (Å²) in [5.41, 5.74) is 11.1. The molecule has 6 rings (SSSR count). The summed E-state index contributed by atoms with van der Waals surface area (Å²) in [6.07, 6.45) is 9.04. The van der Waals surface area contributed by atoms with Gasteiger partial charge >= 0.3 is 0 Å². The third-order valence-corrected chi connectivity index (χ3v) is 8.28. The Kier molecular flexibility index (Phi) is 6.69. The van der Waals surface area contributed by atoms with Crippen LogP contribution in [-0.4, -0.2) is 56.3 Å². The second-order valence-electron chi connectivity index (χ2n) is 11.1. The number of amides is 3. The molecular weight excluding hydrogens is 508 g/mol. The fourth-order valence-corrected chi connectivity index (χ4v) is 5.82. The number of carbonyl (C=O) groups excluding carboxylic acids is 4. The highest BCUT2D eigenvalue weighted by molar-refractivity contribution is 6.23. The lowest BCUT2D eigenvalue weighted by molar-refractivity contribution is -0.122. The van der Waals surface area contributed by atoms with Crippen LogP contribution in [0.1, 0.15) is 82.5 Å². The van der Waals surface area contributed by atoms with Crippen LogP contribution in [0.2, 0.25) is 0 Å². The smallest absolute Gasteiger partial charge is 0.262 e. The summed E-state index contributed by atoms with van der Waals surface area (Å²) >= 11 is 0. The number of aldehydes is 1. The highest BCUT2D eigenvalue weighted by atomic mass is 16.2. The number of benzene rings is 1. The molecule has 2 fully saturated rings. The molecule has 0 saturated heterocycles. The van der Waals surface area contributed by atoms with Gasteiger partial charge in [-0.1, -0.05) is 6.07 Å². The number of hydrogen-bond donors (Lipinski definition) is 2. The molecule has 0 bridgehead atoms. The van der Waals surface area contributed by atoms with E-state index in [1.807, 2.05) is 12.3 Å². The Bertz CT molecular complexity index is 1500. The van der Waals surface area contributed by atoms with Crippen molar-refractivity contribution in [3.63, 3.8) is 0 Å². The zero-order valence-corrected chi connectivity index (χ0v) is 22.4. The number of nitrogens with two attached hydrogens (primary N) is 1. The van der Waals surface area contributed by atoms with E-state index in [0.717, 1.165) is 46.8 Å². The molecule has 10 heteroatoms. The molecule has 1 aromatic carbocycles. The number of aryl methyl sites for hydroxylation is 1. The summed E-state index contributed by atoms with van der Waals surface area (Å²) in [5, 5.41) is 8.40. The van der Waals surface area contributed by atoms with Gasteiger partial charge in [0, 0.05) is 42.5 Å². The minimum atomic E-state index is -1.15. The Morgan fingerprint density at radius 1 is 1.15 bits per heavy atom. The van der Waals surface area contributed by atoms with E-state index >= 15 is 0 Å². The van der Waals surface area contributed by atoms with Crippen molar-refractivity contribution in [2.24, 2.45) is 11.7 Å². The first-order valence-electron chi connectivity index (χ1n) is 13.9. The number of primary amides is 1. The average Bonchev–Trinajstić information content (AvgIpc) is 3.63. The average molecular weight is 541 g/mol. The van der Waals surface area contributed by atoms with Crippen LogP contribution in [0.5, 0.6) is 0 Å². The minimum Gasteiger partial charge on any atom is -0.385 e. The maximum Gasteiger partial charge on any atom is 0.262 e. The maximum atomic E-state index is 13.0. The molecule has 0 spiro atoms. The SMILES string of the molecule is Cc1cccnc1-c1cn(C2CC(CNc3ccc4c(c3)C(=O)N(C(CCC=O)C(N)=O)C4=O)C2)nc1C1CC1. The van der Waals surface area contributed by atoms with Gasteiger partial charge in [0.05, 0.1) is 28.6 Å². The van der Waals surface area contributed by atoms with E-state index in [1.165, 1.54) is 18.5 Å². The first-order chi connectivity index (χ1) is 19.4. The van der Waals surface area contributed by atoms with Gasteiger partial charge in [0.25, 0.3) is 11.8 Å². The monoisotopic (exact) mass is 540 g/mol. The highest BCUT2D eigenvalue weighted by Crippen LogP contribution is 2.46. The zero-order valence-electron chi connectivity index (χ0n) is 22.4. The fourth-order valence-electron chi connectivity index (χ4n) is 5.82. The van der Waals surface area contributed by atoms with Crippen LogP contribution in [0.3, 0.4) is 0 Å². The largest absolute Gasteiger partial charge is 0.385 e. The van der Waals surface area contributed by atoms with Crippen molar-refractivity contribution in [1.82, 2.24) is 19.7 Å². The van der Waals surface area contributed by atoms with E-state index < -0.39 is 23.8 Å². The van der Waals surface area contributed by atoms with Crippen LogP contribution in [0, 0.1) is 12.8 Å². The first kappa shape index (κ1) is 25.9. The van der Waals surface area contributed by atoms with Gasteiger partial charge in [-0.15, -0.1) is 0 Å². The summed E-state index contributed by atoms with van der Waals surface area (Å²) in [7, 11) is 0. The van der Waals surface area contributed by atoms with Crippen molar-refractivity contribution in [2.45, 2.75) is 63.5 Å². The second kappa shape index (κ2) is 10.3. The Morgan fingerprint density at radius 2 is 1.93 bits per heavy atom. The number of aromatic nitrogens is 3. The van der Waals surface area contributed by atoms with Gasteiger partial charge < -0.3 is 15.8 Å². The molecule has 2 aliphatic carbocycles. The van der Waals surface area contributed by atoms with Crippen LogP contribution in [0.25, 0.3) is 11.3 Å². The predicted molar refractivity (Wildman–Crippen MR) is 148 cm³/mol. The van der Waals surface area contributed by atoms with Crippen LogP contribution < -0.4 is 11.1 Å². The van der Waals surface area contributed by atoms with Gasteiger partial charge in [0.1, 0.15) is 12.3 Å². The van der Waals surface area contributed by atoms with Crippen molar-refractivity contribution >= 4 is 29.7 Å². The Labute approximate surface area is 231 Å². The number of nitrogens with one attached hydrogen (secondary N) is 1. The van der Waals surface area contributed by atoms with Gasteiger partial charge in [-0.05, 0) is 74.8 Å². The van der Waals surface area contributed by atoms with Crippen LogP contribution in [0.15, 0.2) is 42.7 Å². The van der Waals surface area contributed by atoms with E-state index in [0.29, 0.717) is 24.2 Å². The van der Waals surface area contributed by atoms with Crippen molar-refractivity contribution in [3.8, 4) is 11.3 Å². The van der Waals surface area contributed by atoms with Crippen molar-refractivity contribution < 1.29 is 19.2 Å². The van der Waals surface area contributed by atoms with Gasteiger partial charge in [-0.2, -0.15) is 5.10 Å². The van der Waals surface area contributed by atoms with Crippen molar-refractivity contribution in [3.05, 3.63) is 65.1 Å². The second-order valence-corrected chi connectivity index (χ2v) is 11.1. The predicted octanol–water partition coefficient (Wildman–Crippen LogP) is 3.62. The fraction of sp³-hybridized carbons (Fsp3) is 0.400. The Morgan fingerprint density at radius 3 is 2.62 bits per heavy atom. The molecule has 3 amide bonds. The molecule has 0 radical (unpaired) electrons. The molecule has 3 aliphatic rings. The van der Waals surface area contributed by atoms with Gasteiger partial charge in [0.2, 0.25) is 5.91 Å². The summed E-state index contributed by atoms with van der Waals surface area (Å²) in [6, 6.07) is 8.26. The van der Waals surface area contributed by atoms with E-state index in [4.69, 9.17) is 10.8 Å². The maximum absolute atomic E-state index is 13.0. The molecule has 3 heterocycles. The van der Waals surface area contributed by atoms with Crippen LogP contribution >= 0.6 is 0 Å². The standard InChI is InChI=1S/C30H32N6O4/c1-17-4-2-10-32-26(17)24-16-35(34-27(24)19-6-7-19)21-12-18(13-21)15-33-20-8-9-22-23(14-20)30(40)36(29(22)39)25(28(31)38)5-3-11-37/h2,4,8-11,14,16,18-19,21,25,33H,3,5-7,12-13,15H2,1H3,(H2,31,38). The van der Waals surface area contributed by atoms with E-state index in [2.05, 4.69) is 34.2 Å². The van der Waals surface area contributed by atoms with Crippen LogP contribution in [0.4, 0.5) is 5.69 Å². The molecule has 3 N–H and O–H groups in total. The molecule has 1 aliphatic heterocycles. The first-order valence-corrected chi connectivity index (χ1v) is 13.9. The summed E-state index contributed by atoms with van der Waals surface area (Å²) < 4.78 is 2.13. The number of anilines is 1. The molecule has 206 valence electrons. The molecule has 10 nitrogen and oxygen atoms in total. The highest BCUT2D eigenvalue weighted by Gasteiger charge is 2.42. The van der Waals surface area contributed by atoms with Crippen LogP contribution in [-0.2, 0) is 9.59 Å². The zero-order chi connectivity index (χ0) is 28.0. The lowest BCUT2D eigenvalue weighted by atomic mass is 9.80. The summed E-state index contributed by atoms with van der Waals surface area (Å²) in [4.78, 5) is 54.2. The van der Waals surface area contributed by atoms with Gasteiger partial charge in [-0.3, -0.25) is 28.9 Å². The summed E-state index contributed by atoms with van der Waals surface area (Å²) in [5.74, 6) is -0.954. The minimum absolute atomic E-state index is 0.0135. The Balaban J connectivity index is 1.09. The molecular formula is C30H32N6O4. The number of nitrogens with zero attached hydrogens (tertiary/aromatic N) is 4. The number of carbonyl (C=O) groups is 4. The lowest BCUT2D eigenvalue weighted by Gasteiger charge is -2.35. The third-order valence-electron chi connectivity index (χ3n) is 8.28. The normalized spacial score (nSPS) is 20.7. The van der Waals surface area contributed by atoms with E-state index in [1.54, 1.807) is 18.2 Å². The topological polar surface area (TPSA) is 140 Å². The number of imide groups is 1. The van der Waals surface area contributed by atoms with Crippen molar-refractivity contribution in [1.29, 1.82) is 0 Å². The van der Waals surface area contributed by atoms with E-state index in [-0.39, 0.29) is 24.0 Å². The van der Waals surface area contributed by atoms with Gasteiger partial charge in [0.15, 0.2) is 0 Å². The molecule has 1 atom stereocenters. The van der Waals surface area contributed by atoms with E-state index in [9.17, 15) is 19.2 Å². The summed E-state index contributed by atoms with van der Waals surface area (Å²) in [6.45, 7) is 2.82. The number of fused-ring (bicyclic) bond motifs is 1. The number of rotatable bonds is 11. The quantitative estimate of drug-likeness (QED) is 0.280. The molecule has 2 saturated carbocycles. The van der Waals surface area contributed by atoms with Gasteiger partial charge in [-0.25, -0.2) is 0 Å². The lowest BCUT2D eigenvalue weighted by Crippen LogP contribution is -2.47.